The topological polar surface area (TPSA) is 86.7 Å². The normalized spacial score (nSPS) is 13.4. The van der Waals surface area contributed by atoms with Gasteiger partial charge in [-0.05, 0) is 52.2 Å². The molecule has 0 amide bonds. The van der Waals surface area contributed by atoms with Crippen LogP contribution in [0.2, 0.25) is 5.02 Å². The SMILES string of the molecule is CC(CCN(C)C)NS(=O)(=O)c1ccc(Cl)c(C(=O)O)c1. The number of aromatic carboxylic acids is 1. The quantitative estimate of drug-likeness (QED) is 0.792. The predicted octanol–water partition coefficient (Wildman–Crippen LogP) is 1.66. The Morgan fingerprint density at radius 3 is 2.57 bits per heavy atom. The molecule has 1 aromatic rings. The minimum Gasteiger partial charge on any atom is -0.478 e. The largest absolute Gasteiger partial charge is 0.478 e. The van der Waals surface area contributed by atoms with Crippen LogP contribution in [0.15, 0.2) is 23.1 Å². The summed E-state index contributed by atoms with van der Waals surface area (Å²) in [5, 5.41) is 8.98. The van der Waals surface area contributed by atoms with Gasteiger partial charge >= 0.3 is 5.97 Å². The second-order valence-electron chi connectivity index (χ2n) is 5.06. The van der Waals surface area contributed by atoms with E-state index in [2.05, 4.69) is 4.72 Å². The van der Waals surface area contributed by atoms with Crippen molar-refractivity contribution in [3.63, 3.8) is 0 Å². The van der Waals surface area contributed by atoms with E-state index in [0.29, 0.717) is 6.42 Å². The molecule has 2 N–H and O–H groups in total. The zero-order valence-electron chi connectivity index (χ0n) is 12.1. The highest BCUT2D eigenvalue weighted by atomic mass is 35.5. The number of carboxylic acids is 1. The van der Waals surface area contributed by atoms with Gasteiger partial charge in [0.15, 0.2) is 0 Å². The van der Waals surface area contributed by atoms with E-state index in [9.17, 15) is 13.2 Å². The first-order valence-corrected chi connectivity index (χ1v) is 8.19. The Morgan fingerprint density at radius 2 is 2.05 bits per heavy atom. The minimum atomic E-state index is -3.77. The summed E-state index contributed by atoms with van der Waals surface area (Å²) in [4.78, 5) is 12.8. The molecule has 118 valence electrons. The first kappa shape index (κ1) is 17.9. The van der Waals surface area contributed by atoms with Crippen molar-refractivity contribution in [1.82, 2.24) is 9.62 Å². The van der Waals surface area contributed by atoms with Gasteiger partial charge in [0.1, 0.15) is 0 Å². The van der Waals surface area contributed by atoms with Gasteiger partial charge in [-0.15, -0.1) is 0 Å². The van der Waals surface area contributed by atoms with Crippen molar-refractivity contribution in [2.24, 2.45) is 0 Å². The van der Waals surface area contributed by atoms with Crippen molar-refractivity contribution in [3.05, 3.63) is 28.8 Å². The fraction of sp³-hybridized carbons (Fsp3) is 0.462. The standard InChI is InChI=1S/C13H19ClN2O4S/c1-9(6-7-16(2)3)15-21(19,20)10-4-5-12(14)11(8-10)13(17)18/h4-5,8-9,15H,6-7H2,1-3H3,(H,17,18). The molecule has 0 fully saturated rings. The molecule has 0 saturated carbocycles. The third kappa shape index (κ3) is 5.28. The highest BCUT2D eigenvalue weighted by molar-refractivity contribution is 7.89. The molecule has 1 unspecified atom stereocenters. The summed E-state index contributed by atoms with van der Waals surface area (Å²) in [7, 11) is 0.0340. The van der Waals surface area contributed by atoms with Crippen LogP contribution < -0.4 is 4.72 Å². The van der Waals surface area contributed by atoms with Crippen LogP contribution in [0.1, 0.15) is 23.7 Å². The minimum absolute atomic E-state index is 0.00195. The zero-order valence-corrected chi connectivity index (χ0v) is 13.7. The highest BCUT2D eigenvalue weighted by Gasteiger charge is 2.20. The molecule has 0 heterocycles. The molecule has 0 spiro atoms. The van der Waals surface area contributed by atoms with E-state index in [4.69, 9.17) is 16.7 Å². The molecule has 6 nitrogen and oxygen atoms in total. The lowest BCUT2D eigenvalue weighted by Crippen LogP contribution is -2.34. The Morgan fingerprint density at radius 1 is 1.43 bits per heavy atom. The van der Waals surface area contributed by atoms with Crippen LogP contribution in [-0.4, -0.2) is 51.1 Å². The molecule has 21 heavy (non-hydrogen) atoms. The van der Waals surface area contributed by atoms with Crippen molar-refractivity contribution in [1.29, 1.82) is 0 Å². The second-order valence-corrected chi connectivity index (χ2v) is 7.18. The van der Waals surface area contributed by atoms with E-state index >= 15 is 0 Å². The van der Waals surface area contributed by atoms with E-state index in [1.165, 1.54) is 12.1 Å². The molecule has 0 aliphatic heterocycles. The molecule has 1 atom stereocenters. The smallest absolute Gasteiger partial charge is 0.337 e. The first-order chi connectivity index (χ1) is 9.63. The van der Waals surface area contributed by atoms with E-state index < -0.39 is 16.0 Å². The number of sulfonamides is 1. The van der Waals surface area contributed by atoms with Crippen LogP contribution in [0.4, 0.5) is 0 Å². The number of benzene rings is 1. The molecular weight excluding hydrogens is 316 g/mol. The lowest BCUT2D eigenvalue weighted by Gasteiger charge is -2.17. The summed E-state index contributed by atoms with van der Waals surface area (Å²) in [5.41, 5.74) is -0.236. The molecule has 0 radical (unpaired) electrons. The van der Waals surface area contributed by atoms with Gasteiger partial charge in [0, 0.05) is 6.04 Å². The third-order valence-electron chi connectivity index (χ3n) is 2.84. The van der Waals surface area contributed by atoms with E-state index in [1.807, 2.05) is 19.0 Å². The van der Waals surface area contributed by atoms with Gasteiger partial charge in [-0.25, -0.2) is 17.9 Å². The Labute approximate surface area is 129 Å². The van der Waals surface area contributed by atoms with Gasteiger partial charge < -0.3 is 10.0 Å². The number of halogens is 1. The van der Waals surface area contributed by atoms with E-state index in [0.717, 1.165) is 12.6 Å². The van der Waals surface area contributed by atoms with Crippen LogP contribution in [0.3, 0.4) is 0 Å². The molecule has 0 aliphatic carbocycles. The van der Waals surface area contributed by atoms with Crippen molar-refractivity contribution in [3.8, 4) is 0 Å². The summed E-state index contributed by atoms with van der Waals surface area (Å²) in [6.45, 7) is 2.50. The lowest BCUT2D eigenvalue weighted by atomic mass is 10.2. The molecule has 0 saturated heterocycles. The van der Waals surface area contributed by atoms with E-state index in [1.54, 1.807) is 6.92 Å². The summed E-state index contributed by atoms with van der Waals surface area (Å²) in [6, 6.07) is 3.35. The van der Waals surface area contributed by atoms with Crippen molar-refractivity contribution in [2.75, 3.05) is 20.6 Å². The maximum Gasteiger partial charge on any atom is 0.337 e. The molecule has 1 rings (SSSR count). The number of rotatable bonds is 7. The zero-order chi connectivity index (χ0) is 16.2. The Bertz CT molecular complexity index is 617. The number of hydrogen-bond donors (Lipinski definition) is 2. The molecule has 0 aromatic heterocycles. The van der Waals surface area contributed by atoms with Crippen molar-refractivity contribution >= 4 is 27.6 Å². The van der Waals surface area contributed by atoms with Gasteiger partial charge in [-0.2, -0.15) is 0 Å². The maximum absolute atomic E-state index is 12.2. The number of nitrogens with zero attached hydrogens (tertiary/aromatic N) is 1. The average molecular weight is 335 g/mol. The van der Waals surface area contributed by atoms with Crippen LogP contribution in [0.5, 0.6) is 0 Å². The molecule has 0 aliphatic rings. The molecule has 0 bridgehead atoms. The number of nitrogens with one attached hydrogen (secondary N) is 1. The Kier molecular flexibility index (Phi) is 6.15. The van der Waals surface area contributed by atoms with Gasteiger partial charge in [0.2, 0.25) is 10.0 Å². The maximum atomic E-state index is 12.2. The second kappa shape index (κ2) is 7.22. The van der Waals surface area contributed by atoms with E-state index in [-0.39, 0.29) is 21.5 Å². The first-order valence-electron chi connectivity index (χ1n) is 6.33. The van der Waals surface area contributed by atoms with Gasteiger partial charge in [-0.3, -0.25) is 0 Å². The third-order valence-corrected chi connectivity index (χ3v) is 4.76. The van der Waals surface area contributed by atoms with Gasteiger partial charge in [-0.1, -0.05) is 11.6 Å². The number of carboxylic acid groups (broad SMARTS) is 1. The fourth-order valence-electron chi connectivity index (χ4n) is 1.68. The fourth-order valence-corrected chi connectivity index (χ4v) is 3.18. The number of hydrogen-bond acceptors (Lipinski definition) is 4. The monoisotopic (exact) mass is 334 g/mol. The average Bonchev–Trinajstić information content (AvgIpc) is 2.35. The molecule has 1 aromatic carbocycles. The van der Waals surface area contributed by atoms with Crippen LogP contribution >= 0.6 is 11.6 Å². The highest BCUT2D eigenvalue weighted by Crippen LogP contribution is 2.20. The summed E-state index contributed by atoms with van der Waals surface area (Å²) < 4.78 is 26.9. The van der Waals surface area contributed by atoms with Gasteiger partial charge in [0.05, 0.1) is 15.5 Å². The predicted molar refractivity (Wildman–Crippen MR) is 81.4 cm³/mol. The lowest BCUT2D eigenvalue weighted by molar-refractivity contribution is 0.0697. The van der Waals surface area contributed by atoms with Crippen molar-refractivity contribution in [2.45, 2.75) is 24.3 Å². The molecular formula is C13H19ClN2O4S. The Balaban J connectivity index is 2.93. The van der Waals surface area contributed by atoms with Crippen LogP contribution in [0, 0.1) is 0 Å². The van der Waals surface area contributed by atoms with Crippen LogP contribution in [-0.2, 0) is 10.0 Å². The summed E-state index contributed by atoms with van der Waals surface area (Å²) in [6.07, 6.45) is 0.644. The van der Waals surface area contributed by atoms with Crippen molar-refractivity contribution < 1.29 is 18.3 Å². The van der Waals surface area contributed by atoms with Gasteiger partial charge in [0.25, 0.3) is 0 Å². The molecule has 8 heteroatoms. The number of carbonyl (C=O) groups is 1. The van der Waals surface area contributed by atoms with Crippen LogP contribution in [0.25, 0.3) is 0 Å². The Hall–Kier alpha value is -1.15. The summed E-state index contributed by atoms with van der Waals surface area (Å²) >= 11 is 5.73. The summed E-state index contributed by atoms with van der Waals surface area (Å²) in [5.74, 6) is -1.27.